The van der Waals surface area contributed by atoms with Gasteiger partial charge in [-0.05, 0) is 73.7 Å². The number of carbonyl (C=O) groups is 2. The quantitative estimate of drug-likeness (QED) is 0.300. The van der Waals surface area contributed by atoms with E-state index in [4.69, 9.17) is 27.9 Å². The first-order chi connectivity index (χ1) is 17.7. The van der Waals surface area contributed by atoms with E-state index < -0.39 is 6.04 Å². The largest absolute Gasteiger partial charge is 0.484 e. The molecule has 0 aliphatic heterocycles. The highest BCUT2D eigenvalue weighted by molar-refractivity contribution is 6.42. The molecule has 0 spiro atoms. The van der Waals surface area contributed by atoms with Crippen LogP contribution in [0.1, 0.15) is 42.5 Å². The summed E-state index contributed by atoms with van der Waals surface area (Å²) >= 11 is 12.4. The Morgan fingerprint density at radius 1 is 0.919 bits per heavy atom. The highest BCUT2D eigenvalue weighted by Crippen LogP contribution is 2.25. The maximum absolute atomic E-state index is 13.7. The molecule has 3 aromatic rings. The first-order valence-electron chi connectivity index (χ1n) is 12.4. The summed E-state index contributed by atoms with van der Waals surface area (Å²) in [4.78, 5) is 28.8. The molecule has 0 heterocycles. The van der Waals surface area contributed by atoms with E-state index in [1.54, 1.807) is 17.0 Å². The highest BCUT2D eigenvalue weighted by atomic mass is 35.5. The van der Waals surface area contributed by atoms with Crippen LogP contribution < -0.4 is 10.1 Å². The Balaban J connectivity index is 1.94. The van der Waals surface area contributed by atoms with Crippen molar-refractivity contribution in [1.29, 1.82) is 0 Å². The molecule has 2 amide bonds. The number of hydrogen-bond donors (Lipinski definition) is 1. The molecule has 0 aliphatic carbocycles. The summed E-state index contributed by atoms with van der Waals surface area (Å²) in [5, 5.41) is 3.88. The molecule has 37 heavy (non-hydrogen) atoms. The van der Waals surface area contributed by atoms with Crippen molar-refractivity contribution >= 4 is 35.0 Å². The first-order valence-corrected chi connectivity index (χ1v) is 13.2. The molecule has 0 bridgehead atoms. The van der Waals surface area contributed by atoms with Gasteiger partial charge in [-0.3, -0.25) is 9.59 Å². The summed E-state index contributed by atoms with van der Waals surface area (Å²) in [6.07, 6.45) is 1.14. The molecule has 3 aromatic carbocycles. The third-order valence-electron chi connectivity index (χ3n) is 6.17. The predicted octanol–water partition coefficient (Wildman–Crippen LogP) is 6.54. The second-order valence-corrected chi connectivity index (χ2v) is 10.2. The molecule has 0 saturated carbocycles. The summed E-state index contributed by atoms with van der Waals surface area (Å²) in [6, 6.07) is 20.0. The van der Waals surface area contributed by atoms with E-state index in [-0.39, 0.29) is 31.0 Å². The summed E-state index contributed by atoms with van der Waals surface area (Å²) in [6.45, 7) is 7.89. The van der Waals surface area contributed by atoms with Crippen molar-refractivity contribution in [1.82, 2.24) is 10.2 Å². The summed E-state index contributed by atoms with van der Waals surface area (Å²) in [5.74, 6) is 0.104. The number of amides is 2. The van der Waals surface area contributed by atoms with Gasteiger partial charge in [-0.1, -0.05) is 72.6 Å². The van der Waals surface area contributed by atoms with Crippen molar-refractivity contribution in [2.24, 2.45) is 0 Å². The average molecular weight is 542 g/mol. The third-order valence-corrected chi connectivity index (χ3v) is 6.91. The van der Waals surface area contributed by atoms with Gasteiger partial charge < -0.3 is 15.0 Å². The molecule has 0 aromatic heterocycles. The minimum atomic E-state index is -0.749. The van der Waals surface area contributed by atoms with Crippen LogP contribution in [0.25, 0.3) is 0 Å². The molecule has 0 fully saturated rings. The molecular weight excluding hydrogens is 507 g/mol. The minimum absolute atomic E-state index is 0.0285. The first kappa shape index (κ1) is 28.5. The zero-order chi connectivity index (χ0) is 26.9. The van der Waals surface area contributed by atoms with Crippen molar-refractivity contribution in [3.8, 4) is 5.75 Å². The van der Waals surface area contributed by atoms with Gasteiger partial charge in [-0.15, -0.1) is 0 Å². The van der Waals surface area contributed by atoms with E-state index in [0.29, 0.717) is 22.2 Å². The van der Waals surface area contributed by atoms with Gasteiger partial charge in [0.1, 0.15) is 11.8 Å². The number of benzene rings is 3. The number of nitrogens with zero attached hydrogens (tertiary/aromatic N) is 1. The smallest absolute Gasteiger partial charge is 0.261 e. The molecule has 196 valence electrons. The summed E-state index contributed by atoms with van der Waals surface area (Å²) in [7, 11) is 0. The van der Waals surface area contributed by atoms with Crippen LogP contribution in [0.5, 0.6) is 5.75 Å². The van der Waals surface area contributed by atoms with Gasteiger partial charge >= 0.3 is 0 Å². The second-order valence-electron chi connectivity index (χ2n) is 9.41. The van der Waals surface area contributed by atoms with Gasteiger partial charge in [0.2, 0.25) is 5.91 Å². The number of aryl methyl sites for hydroxylation is 2. The Kier molecular flexibility index (Phi) is 10.4. The molecule has 7 heteroatoms. The standard InChI is InChI=1S/C30H34Cl2N2O3/c1-5-22(4)33-30(36)28(17-23-9-7-6-8-10-23)34(18-24-11-12-26(31)27(32)16-24)29(35)19-37-25-14-20(2)13-21(3)15-25/h6-16,22,28H,5,17-19H2,1-4H3,(H,33,36)/t22-,28-/m1/s1. The Labute approximate surface area is 229 Å². The van der Waals surface area contributed by atoms with E-state index in [1.807, 2.05) is 82.3 Å². The third kappa shape index (κ3) is 8.51. The maximum Gasteiger partial charge on any atom is 0.261 e. The van der Waals surface area contributed by atoms with Crippen molar-refractivity contribution in [3.05, 3.63) is 99.0 Å². The van der Waals surface area contributed by atoms with Crippen LogP contribution >= 0.6 is 23.2 Å². The fourth-order valence-electron chi connectivity index (χ4n) is 4.07. The van der Waals surface area contributed by atoms with Crippen molar-refractivity contribution in [2.45, 2.75) is 59.2 Å². The van der Waals surface area contributed by atoms with E-state index in [2.05, 4.69) is 5.32 Å². The zero-order valence-corrected chi connectivity index (χ0v) is 23.3. The van der Waals surface area contributed by atoms with Crippen molar-refractivity contribution in [3.63, 3.8) is 0 Å². The fourth-order valence-corrected chi connectivity index (χ4v) is 4.39. The van der Waals surface area contributed by atoms with Crippen LogP contribution in [0, 0.1) is 13.8 Å². The Hall–Kier alpha value is -3.02. The van der Waals surface area contributed by atoms with Crippen LogP contribution in [0.15, 0.2) is 66.7 Å². The lowest BCUT2D eigenvalue weighted by atomic mass is 10.0. The normalized spacial score (nSPS) is 12.5. The summed E-state index contributed by atoms with van der Waals surface area (Å²) < 4.78 is 5.90. The van der Waals surface area contributed by atoms with Gasteiger partial charge in [0, 0.05) is 19.0 Å². The van der Waals surface area contributed by atoms with Gasteiger partial charge in [0.15, 0.2) is 6.61 Å². The predicted molar refractivity (Wildman–Crippen MR) is 150 cm³/mol. The lowest BCUT2D eigenvalue weighted by Gasteiger charge is -2.32. The SMILES string of the molecule is CC[C@@H](C)NC(=O)[C@@H](Cc1ccccc1)N(Cc1ccc(Cl)c(Cl)c1)C(=O)COc1cc(C)cc(C)c1. The van der Waals surface area contributed by atoms with E-state index in [1.165, 1.54) is 0 Å². The molecule has 0 aliphatic rings. The van der Waals surface area contributed by atoms with Crippen molar-refractivity contribution in [2.75, 3.05) is 6.61 Å². The monoisotopic (exact) mass is 540 g/mol. The van der Waals surface area contributed by atoms with Crippen LogP contribution in [0.4, 0.5) is 0 Å². The number of halogens is 2. The highest BCUT2D eigenvalue weighted by Gasteiger charge is 2.31. The van der Waals surface area contributed by atoms with Crippen LogP contribution in [0.3, 0.4) is 0 Å². The Morgan fingerprint density at radius 2 is 1.59 bits per heavy atom. The van der Waals surface area contributed by atoms with Crippen LogP contribution in [0.2, 0.25) is 10.0 Å². The van der Waals surface area contributed by atoms with Gasteiger partial charge in [0.25, 0.3) is 5.91 Å². The number of hydrogen-bond acceptors (Lipinski definition) is 3. The molecule has 0 unspecified atom stereocenters. The minimum Gasteiger partial charge on any atom is -0.484 e. The van der Waals surface area contributed by atoms with Crippen LogP contribution in [-0.4, -0.2) is 35.4 Å². The maximum atomic E-state index is 13.7. The number of carbonyl (C=O) groups excluding carboxylic acids is 2. The lowest BCUT2D eigenvalue weighted by Crippen LogP contribution is -2.53. The van der Waals surface area contributed by atoms with Gasteiger partial charge in [0.05, 0.1) is 10.0 Å². The average Bonchev–Trinajstić information content (AvgIpc) is 2.86. The molecule has 3 rings (SSSR count). The molecule has 0 radical (unpaired) electrons. The molecule has 1 N–H and O–H groups in total. The molecule has 5 nitrogen and oxygen atoms in total. The van der Waals surface area contributed by atoms with E-state index in [0.717, 1.165) is 28.7 Å². The number of rotatable bonds is 11. The fraction of sp³-hybridized carbons (Fsp3) is 0.333. The lowest BCUT2D eigenvalue weighted by molar-refractivity contribution is -0.143. The zero-order valence-electron chi connectivity index (χ0n) is 21.8. The molecule has 2 atom stereocenters. The second kappa shape index (κ2) is 13.5. The van der Waals surface area contributed by atoms with E-state index in [9.17, 15) is 9.59 Å². The van der Waals surface area contributed by atoms with Gasteiger partial charge in [-0.25, -0.2) is 0 Å². The van der Waals surface area contributed by atoms with E-state index >= 15 is 0 Å². The molecular formula is C30H34Cl2N2O3. The number of ether oxygens (including phenoxy) is 1. The Bertz CT molecular complexity index is 1200. The van der Waals surface area contributed by atoms with Crippen LogP contribution in [-0.2, 0) is 22.6 Å². The Morgan fingerprint density at radius 3 is 2.22 bits per heavy atom. The summed E-state index contributed by atoms with van der Waals surface area (Å²) in [5.41, 5.74) is 3.81. The topological polar surface area (TPSA) is 58.6 Å². The van der Waals surface area contributed by atoms with Crippen molar-refractivity contribution < 1.29 is 14.3 Å². The van der Waals surface area contributed by atoms with Gasteiger partial charge in [-0.2, -0.15) is 0 Å². The number of nitrogens with one attached hydrogen (secondary N) is 1. The molecule has 0 saturated heterocycles.